The van der Waals surface area contributed by atoms with Crippen LogP contribution in [0.25, 0.3) is 0 Å². The molecule has 6 nitrogen and oxygen atoms in total. The van der Waals surface area contributed by atoms with Gasteiger partial charge in [0.15, 0.2) is 0 Å². The lowest BCUT2D eigenvalue weighted by molar-refractivity contribution is -0.143. The van der Waals surface area contributed by atoms with Crippen molar-refractivity contribution in [3.8, 4) is 0 Å². The summed E-state index contributed by atoms with van der Waals surface area (Å²) in [6.45, 7) is 3.69. The van der Waals surface area contributed by atoms with Crippen molar-refractivity contribution in [2.45, 2.75) is 32.3 Å². The summed E-state index contributed by atoms with van der Waals surface area (Å²) in [5.74, 6) is -0.399. The summed E-state index contributed by atoms with van der Waals surface area (Å²) in [5.41, 5.74) is 0.567. The van der Waals surface area contributed by atoms with E-state index in [0.29, 0.717) is 25.3 Å². The summed E-state index contributed by atoms with van der Waals surface area (Å²) in [6.07, 6.45) is 5.37. The van der Waals surface area contributed by atoms with Gasteiger partial charge in [0.25, 0.3) is 5.91 Å². The second-order valence-electron chi connectivity index (χ2n) is 5.18. The summed E-state index contributed by atoms with van der Waals surface area (Å²) < 4.78 is 10.5. The summed E-state index contributed by atoms with van der Waals surface area (Å²) >= 11 is 0. The molecule has 1 fully saturated rings. The topological polar surface area (TPSA) is 68.7 Å². The molecule has 0 aromatic carbocycles. The maximum Gasteiger partial charge on any atom is 0.307 e. The Hall–Kier alpha value is -1.95. The number of amides is 1. The second-order valence-corrected chi connectivity index (χ2v) is 5.18. The van der Waals surface area contributed by atoms with Gasteiger partial charge in [0.2, 0.25) is 0 Å². The molecular formula is C16H22N2O4. The van der Waals surface area contributed by atoms with Crippen LogP contribution in [0.1, 0.15) is 36.5 Å². The molecule has 1 aliphatic rings. The van der Waals surface area contributed by atoms with Crippen LogP contribution in [0.5, 0.6) is 0 Å². The first-order chi connectivity index (χ1) is 10.7. The van der Waals surface area contributed by atoms with Crippen molar-refractivity contribution < 1.29 is 19.1 Å². The first-order valence-corrected chi connectivity index (χ1v) is 7.67. The first kappa shape index (κ1) is 16.4. The first-order valence-electron chi connectivity index (χ1n) is 7.67. The minimum Gasteiger partial charge on any atom is -0.466 e. The number of aromatic nitrogens is 1. The number of hydrogen-bond donors (Lipinski definition) is 0. The highest BCUT2D eigenvalue weighted by molar-refractivity contribution is 5.94. The molecule has 0 spiro atoms. The Morgan fingerprint density at radius 2 is 2.18 bits per heavy atom. The zero-order valence-electron chi connectivity index (χ0n) is 12.9. The van der Waals surface area contributed by atoms with Gasteiger partial charge in [0.05, 0.1) is 19.1 Å². The normalized spacial score (nSPS) is 17.2. The molecule has 1 saturated heterocycles. The van der Waals surface area contributed by atoms with Crippen LogP contribution in [-0.2, 0) is 14.3 Å². The molecule has 120 valence electrons. The van der Waals surface area contributed by atoms with Gasteiger partial charge >= 0.3 is 5.97 Å². The smallest absolute Gasteiger partial charge is 0.307 e. The van der Waals surface area contributed by atoms with Crippen LogP contribution >= 0.6 is 0 Å². The van der Waals surface area contributed by atoms with E-state index >= 15 is 0 Å². The SMILES string of the molecule is CCOC(=O)CCN(CC1CCCO1)C(=O)c1ccncc1. The third-order valence-electron chi connectivity index (χ3n) is 3.55. The van der Waals surface area contributed by atoms with Gasteiger partial charge in [0.1, 0.15) is 0 Å². The predicted molar refractivity (Wildman–Crippen MR) is 80.4 cm³/mol. The summed E-state index contributed by atoms with van der Waals surface area (Å²) in [6, 6.07) is 3.35. The second kappa shape index (κ2) is 8.48. The zero-order chi connectivity index (χ0) is 15.8. The fourth-order valence-electron chi connectivity index (χ4n) is 2.45. The van der Waals surface area contributed by atoms with Crippen molar-refractivity contribution in [3.05, 3.63) is 30.1 Å². The van der Waals surface area contributed by atoms with Crippen molar-refractivity contribution in [2.75, 3.05) is 26.3 Å². The highest BCUT2D eigenvalue weighted by atomic mass is 16.5. The molecule has 1 amide bonds. The van der Waals surface area contributed by atoms with Crippen molar-refractivity contribution in [3.63, 3.8) is 0 Å². The monoisotopic (exact) mass is 306 g/mol. The lowest BCUT2D eigenvalue weighted by Gasteiger charge is -2.25. The molecule has 0 bridgehead atoms. The van der Waals surface area contributed by atoms with E-state index < -0.39 is 0 Å². The molecule has 2 rings (SSSR count). The fraction of sp³-hybridized carbons (Fsp3) is 0.562. The Morgan fingerprint density at radius 1 is 1.41 bits per heavy atom. The Bertz CT molecular complexity index is 486. The van der Waals surface area contributed by atoms with E-state index in [4.69, 9.17) is 9.47 Å². The molecule has 1 atom stereocenters. The minimum atomic E-state index is -0.289. The lowest BCUT2D eigenvalue weighted by atomic mass is 10.2. The Kier molecular flexibility index (Phi) is 6.33. The third kappa shape index (κ3) is 4.80. The van der Waals surface area contributed by atoms with Gasteiger partial charge in [-0.1, -0.05) is 0 Å². The van der Waals surface area contributed by atoms with E-state index in [1.54, 1.807) is 36.4 Å². The molecule has 6 heteroatoms. The molecular weight excluding hydrogens is 284 g/mol. The molecule has 0 saturated carbocycles. The quantitative estimate of drug-likeness (QED) is 0.717. The largest absolute Gasteiger partial charge is 0.466 e. The lowest BCUT2D eigenvalue weighted by Crippen LogP contribution is -2.39. The standard InChI is InChI=1S/C16H22N2O4/c1-2-21-15(19)7-10-18(12-14-4-3-11-22-14)16(20)13-5-8-17-9-6-13/h5-6,8-9,14H,2-4,7,10-12H2,1H3. The molecule has 1 unspecified atom stereocenters. The van der Waals surface area contributed by atoms with Crippen molar-refractivity contribution in [2.24, 2.45) is 0 Å². The van der Waals surface area contributed by atoms with Gasteiger partial charge < -0.3 is 14.4 Å². The van der Waals surface area contributed by atoms with E-state index in [1.165, 1.54) is 0 Å². The predicted octanol–water partition coefficient (Wildman–Crippen LogP) is 1.66. The number of nitrogens with zero attached hydrogens (tertiary/aromatic N) is 2. The maximum absolute atomic E-state index is 12.6. The van der Waals surface area contributed by atoms with Crippen LogP contribution in [0, 0.1) is 0 Å². The molecule has 1 aromatic heterocycles. The van der Waals surface area contributed by atoms with Crippen LogP contribution in [-0.4, -0.2) is 54.2 Å². The van der Waals surface area contributed by atoms with E-state index in [1.807, 2.05) is 0 Å². The number of ether oxygens (including phenoxy) is 2. The van der Waals surface area contributed by atoms with Gasteiger partial charge in [-0.05, 0) is 31.9 Å². The van der Waals surface area contributed by atoms with Gasteiger partial charge in [0, 0.05) is 37.7 Å². The average Bonchev–Trinajstić information content (AvgIpc) is 3.05. The number of carbonyl (C=O) groups excluding carboxylic acids is 2. The third-order valence-corrected chi connectivity index (χ3v) is 3.55. The molecule has 1 aliphatic heterocycles. The van der Waals surface area contributed by atoms with Crippen molar-refractivity contribution in [1.82, 2.24) is 9.88 Å². The van der Waals surface area contributed by atoms with Crippen LogP contribution in [0.15, 0.2) is 24.5 Å². The van der Waals surface area contributed by atoms with Crippen molar-refractivity contribution in [1.29, 1.82) is 0 Å². The molecule has 1 aromatic rings. The van der Waals surface area contributed by atoms with Gasteiger partial charge in [-0.3, -0.25) is 14.6 Å². The van der Waals surface area contributed by atoms with Crippen LogP contribution < -0.4 is 0 Å². The van der Waals surface area contributed by atoms with E-state index in [0.717, 1.165) is 19.4 Å². The van der Waals surface area contributed by atoms with Crippen LogP contribution in [0.2, 0.25) is 0 Å². The number of rotatable bonds is 7. The van der Waals surface area contributed by atoms with Gasteiger partial charge in [-0.25, -0.2) is 0 Å². The molecule has 0 radical (unpaired) electrons. The highest BCUT2D eigenvalue weighted by Crippen LogP contribution is 2.15. The minimum absolute atomic E-state index is 0.0491. The molecule has 0 N–H and O–H groups in total. The van der Waals surface area contributed by atoms with Crippen LogP contribution in [0.3, 0.4) is 0 Å². The molecule has 0 aliphatic carbocycles. The average molecular weight is 306 g/mol. The number of carbonyl (C=O) groups is 2. The fourth-order valence-corrected chi connectivity index (χ4v) is 2.45. The number of hydrogen-bond acceptors (Lipinski definition) is 5. The Morgan fingerprint density at radius 3 is 2.82 bits per heavy atom. The Balaban J connectivity index is 1.99. The van der Waals surface area contributed by atoms with Crippen LogP contribution in [0.4, 0.5) is 0 Å². The van der Waals surface area contributed by atoms with Gasteiger partial charge in [-0.2, -0.15) is 0 Å². The Labute approximate surface area is 130 Å². The van der Waals surface area contributed by atoms with Crippen molar-refractivity contribution >= 4 is 11.9 Å². The molecule has 22 heavy (non-hydrogen) atoms. The number of esters is 1. The highest BCUT2D eigenvalue weighted by Gasteiger charge is 2.24. The number of pyridine rings is 1. The zero-order valence-corrected chi connectivity index (χ0v) is 12.9. The van der Waals surface area contributed by atoms with E-state index in [-0.39, 0.29) is 24.4 Å². The van der Waals surface area contributed by atoms with E-state index in [9.17, 15) is 9.59 Å². The van der Waals surface area contributed by atoms with Gasteiger partial charge in [-0.15, -0.1) is 0 Å². The summed E-state index contributed by atoms with van der Waals surface area (Å²) in [4.78, 5) is 29.7. The summed E-state index contributed by atoms with van der Waals surface area (Å²) in [7, 11) is 0. The van der Waals surface area contributed by atoms with E-state index in [2.05, 4.69) is 4.98 Å². The molecule has 2 heterocycles. The summed E-state index contributed by atoms with van der Waals surface area (Å²) in [5, 5.41) is 0. The maximum atomic E-state index is 12.6.